The summed E-state index contributed by atoms with van der Waals surface area (Å²) in [6.07, 6.45) is 54.4. The van der Waals surface area contributed by atoms with Crippen molar-refractivity contribution in [2.75, 3.05) is 27.2 Å². The summed E-state index contributed by atoms with van der Waals surface area (Å²) >= 11 is 0. The van der Waals surface area contributed by atoms with Crippen LogP contribution in [0.3, 0.4) is 0 Å². The van der Waals surface area contributed by atoms with E-state index in [1.165, 1.54) is 116 Å². The monoisotopic (exact) mass is 640 g/mol. The van der Waals surface area contributed by atoms with Gasteiger partial charge in [0.15, 0.2) is 5.79 Å². The van der Waals surface area contributed by atoms with Gasteiger partial charge in [-0.25, -0.2) is 0 Å². The second kappa shape index (κ2) is 32.1. The molecule has 1 fully saturated rings. The zero-order valence-corrected chi connectivity index (χ0v) is 31.2. The molecule has 2 unspecified atom stereocenters. The van der Waals surface area contributed by atoms with E-state index in [0.29, 0.717) is 0 Å². The normalized spacial score (nSPS) is 19.2. The Morgan fingerprint density at radius 1 is 0.543 bits per heavy atom. The third-order valence-electron chi connectivity index (χ3n) is 9.03. The summed E-state index contributed by atoms with van der Waals surface area (Å²) in [6.45, 7) is 6.29. The van der Waals surface area contributed by atoms with Crippen molar-refractivity contribution in [2.45, 2.75) is 186 Å². The zero-order chi connectivity index (χ0) is 33.2. The van der Waals surface area contributed by atoms with Crippen molar-refractivity contribution in [3.05, 3.63) is 60.8 Å². The first-order valence-corrected chi connectivity index (χ1v) is 19.8. The van der Waals surface area contributed by atoms with Gasteiger partial charge in [-0.05, 0) is 97.6 Å². The number of hydrogen-bond donors (Lipinski definition) is 0. The van der Waals surface area contributed by atoms with E-state index in [-0.39, 0.29) is 11.9 Å². The second-order valence-electron chi connectivity index (χ2n) is 13.8. The molecule has 1 aliphatic rings. The highest BCUT2D eigenvalue weighted by Gasteiger charge is 2.40. The smallest absolute Gasteiger partial charge is 0.168 e. The lowest BCUT2D eigenvalue weighted by atomic mass is 9.98. The van der Waals surface area contributed by atoms with Gasteiger partial charge < -0.3 is 14.4 Å². The standard InChI is InChI=1S/C43H77NO2/c1-5-7-9-11-13-15-17-19-21-23-25-27-29-31-33-35-38-43(45-41-42(46-43)37-40-44(3)4)39-36-34-32-30-28-26-24-22-20-18-16-14-12-10-8-6-2/h7,9,13-16,19-22,42H,5-6,8,10-12,17-18,23-41H2,1-4H3/b9-7-,15-13-,16-14-,21-19-,22-20-. The van der Waals surface area contributed by atoms with Gasteiger partial charge in [0.1, 0.15) is 0 Å². The van der Waals surface area contributed by atoms with Crippen molar-refractivity contribution in [1.29, 1.82) is 0 Å². The molecule has 1 heterocycles. The van der Waals surface area contributed by atoms with Crippen LogP contribution in [0.25, 0.3) is 0 Å². The fourth-order valence-electron chi connectivity index (χ4n) is 6.12. The molecule has 0 aromatic heterocycles. The lowest BCUT2D eigenvalue weighted by molar-refractivity contribution is -0.180. The predicted molar refractivity (Wildman–Crippen MR) is 205 cm³/mol. The lowest BCUT2D eigenvalue weighted by Crippen LogP contribution is -2.31. The number of unbranched alkanes of at least 4 members (excludes halogenated alkanes) is 15. The molecule has 1 rings (SSSR count). The molecule has 0 aromatic rings. The highest BCUT2D eigenvalue weighted by atomic mass is 16.7. The van der Waals surface area contributed by atoms with Crippen molar-refractivity contribution in [2.24, 2.45) is 0 Å². The molecule has 0 aromatic carbocycles. The summed E-state index contributed by atoms with van der Waals surface area (Å²) < 4.78 is 13.1. The maximum absolute atomic E-state index is 6.67. The largest absolute Gasteiger partial charge is 0.347 e. The molecule has 0 bridgehead atoms. The Labute approximate surface area is 288 Å². The van der Waals surface area contributed by atoms with Gasteiger partial charge in [-0.1, -0.05) is 139 Å². The Kier molecular flexibility index (Phi) is 29.8. The van der Waals surface area contributed by atoms with Crippen molar-refractivity contribution in [3.63, 3.8) is 0 Å². The highest BCUT2D eigenvalue weighted by molar-refractivity contribution is 4.97. The van der Waals surface area contributed by atoms with E-state index < -0.39 is 0 Å². The molecule has 3 heteroatoms. The van der Waals surface area contributed by atoms with E-state index in [9.17, 15) is 0 Å². The molecule has 0 aliphatic carbocycles. The Balaban J connectivity index is 2.17. The SMILES string of the molecule is CC/C=C\C/C=C\C/C=C\CCCCCCCCC1(CCCCCCCC/C=C\C/C=C\CCCCC)OCC(CCN(C)C)O1. The van der Waals surface area contributed by atoms with E-state index in [1.807, 2.05) is 0 Å². The summed E-state index contributed by atoms with van der Waals surface area (Å²) in [4.78, 5) is 2.26. The molecule has 1 saturated heterocycles. The van der Waals surface area contributed by atoms with Crippen molar-refractivity contribution in [1.82, 2.24) is 4.90 Å². The van der Waals surface area contributed by atoms with Crippen LogP contribution in [0.4, 0.5) is 0 Å². The van der Waals surface area contributed by atoms with Crippen LogP contribution in [-0.4, -0.2) is 44.0 Å². The summed E-state index contributed by atoms with van der Waals surface area (Å²) in [5.41, 5.74) is 0. The van der Waals surface area contributed by atoms with Crippen LogP contribution < -0.4 is 0 Å². The minimum absolute atomic E-state index is 0.258. The average Bonchev–Trinajstić information content (AvgIpc) is 3.46. The average molecular weight is 640 g/mol. The molecule has 0 radical (unpaired) electrons. The maximum atomic E-state index is 6.67. The first kappa shape index (κ1) is 42.6. The fraction of sp³-hybridized carbons (Fsp3) is 0.767. The van der Waals surface area contributed by atoms with E-state index in [1.54, 1.807) is 0 Å². The Morgan fingerprint density at radius 3 is 1.46 bits per heavy atom. The summed E-state index contributed by atoms with van der Waals surface area (Å²) in [7, 11) is 4.30. The first-order chi connectivity index (χ1) is 22.6. The first-order valence-electron chi connectivity index (χ1n) is 19.8. The Hall–Kier alpha value is -1.42. The molecule has 0 N–H and O–H groups in total. The van der Waals surface area contributed by atoms with Crippen molar-refractivity contribution >= 4 is 0 Å². The predicted octanol–water partition coefficient (Wildman–Crippen LogP) is 13.2. The lowest BCUT2D eigenvalue weighted by Gasteiger charge is -2.29. The number of rotatable bonds is 32. The van der Waals surface area contributed by atoms with Crippen molar-refractivity contribution in [3.8, 4) is 0 Å². The third-order valence-corrected chi connectivity index (χ3v) is 9.03. The minimum atomic E-state index is -0.322. The number of ether oxygens (including phenoxy) is 2. The summed E-state index contributed by atoms with van der Waals surface area (Å²) in [6, 6.07) is 0. The van der Waals surface area contributed by atoms with Crippen molar-refractivity contribution < 1.29 is 9.47 Å². The minimum Gasteiger partial charge on any atom is -0.347 e. The number of allylic oxidation sites excluding steroid dienone is 10. The third kappa shape index (κ3) is 26.6. The van der Waals surface area contributed by atoms with Crippen LogP contribution >= 0.6 is 0 Å². The molecule has 2 atom stereocenters. The summed E-state index contributed by atoms with van der Waals surface area (Å²) in [5.74, 6) is -0.322. The van der Waals surface area contributed by atoms with Gasteiger partial charge in [-0.2, -0.15) is 0 Å². The molecule has 0 saturated carbocycles. The van der Waals surface area contributed by atoms with E-state index in [4.69, 9.17) is 9.47 Å². The molecule has 0 spiro atoms. The molecule has 3 nitrogen and oxygen atoms in total. The van der Waals surface area contributed by atoms with Crippen LogP contribution in [0.15, 0.2) is 60.8 Å². The van der Waals surface area contributed by atoms with Gasteiger partial charge in [0, 0.05) is 19.4 Å². The van der Waals surface area contributed by atoms with Gasteiger partial charge in [0.25, 0.3) is 0 Å². The highest BCUT2D eigenvalue weighted by Crippen LogP contribution is 2.35. The van der Waals surface area contributed by atoms with Gasteiger partial charge in [0.05, 0.1) is 12.7 Å². The topological polar surface area (TPSA) is 21.7 Å². The maximum Gasteiger partial charge on any atom is 0.168 e. The van der Waals surface area contributed by atoms with E-state index in [2.05, 4.69) is 93.6 Å². The number of nitrogens with zero attached hydrogens (tertiary/aromatic N) is 1. The molecule has 0 amide bonds. The van der Waals surface area contributed by atoms with Crippen LogP contribution in [0.5, 0.6) is 0 Å². The van der Waals surface area contributed by atoms with Crippen LogP contribution in [0, 0.1) is 0 Å². The molecule has 46 heavy (non-hydrogen) atoms. The van der Waals surface area contributed by atoms with Crippen LogP contribution in [-0.2, 0) is 9.47 Å². The van der Waals surface area contributed by atoms with Gasteiger partial charge in [-0.15, -0.1) is 0 Å². The molecular weight excluding hydrogens is 562 g/mol. The molecular formula is C43H77NO2. The van der Waals surface area contributed by atoms with Gasteiger partial charge in [0.2, 0.25) is 0 Å². The van der Waals surface area contributed by atoms with Crippen LogP contribution in [0.2, 0.25) is 0 Å². The summed E-state index contributed by atoms with van der Waals surface area (Å²) in [5, 5.41) is 0. The molecule has 1 aliphatic heterocycles. The number of hydrogen-bond acceptors (Lipinski definition) is 3. The Morgan fingerprint density at radius 2 is 0.978 bits per heavy atom. The van der Waals surface area contributed by atoms with E-state index in [0.717, 1.165) is 58.1 Å². The van der Waals surface area contributed by atoms with Gasteiger partial charge >= 0.3 is 0 Å². The van der Waals surface area contributed by atoms with Gasteiger partial charge in [-0.3, -0.25) is 0 Å². The van der Waals surface area contributed by atoms with E-state index >= 15 is 0 Å². The zero-order valence-electron chi connectivity index (χ0n) is 31.2. The quantitative estimate of drug-likeness (QED) is 0.0540. The van der Waals surface area contributed by atoms with Crippen LogP contribution in [0.1, 0.15) is 174 Å². The Bertz CT molecular complexity index is 795. The molecule has 266 valence electrons. The second-order valence-corrected chi connectivity index (χ2v) is 13.8. The fourth-order valence-corrected chi connectivity index (χ4v) is 6.12.